The van der Waals surface area contributed by atoms with E-state index in [2.05, 4.69) is 15.3 Å². The van der Waals surface area contributed by atoms with Gasteiger partial charge in [-0.15, -0.1) is 0 Å². The van der Waals surface area contributed by atoms with Crippen molar-refractivity contribution in [3.05, 3.63) is 76.3 Å². The SMILES string of the molecule is CC(C)C(=O)N(C)c1cc(C(=O)NC(C)c2cnccn2)cc(-c2ccc(Cl)cc2Cl)c1. The molecule has 0 aliphatic carbocycles. The number of nitrogens with one attached hydrogen (secondary N) is 1. The Kier molecular flexibility index (Phi) is 7.48. The highest BCUT2D eigenvalue weighted by Gasteiger charge is 2.20. The summed E-state index contributed by atoms with van der Waals surface area (Å²) in [5, 5.41) is 3.90. The first-order chi connectivity index (χ1) is 15.2. The zero-order chi connectivity index (χ0) is 23.4. The number of rotatable bonds is 6. The van der Waals surface area contributed by atoms with Crippen LogP contribution in [-0.4, -0.2) is 28.8 Å². The molecule has 1 aromatic heterocycles. The molecule has 1 atom stereocenters. The van der Waals surface area contributed by atoms with Crippen molar-refractivity contribution in [1.82, 2.24) is 15.3 Å². The van der Waals surface area contributed by atoms with Crippen LogP contribution in [0.5, 0.6) is 0 Å². The number of carbonyl (C=O) groups excluding carboxylic acids is 2. The normalized spacial score (nSPS) is 11.8. The molecular weight excluding hydrogens is 447 g/mol. The Labute approximate surface area is 197 Å². The summed E-state index contributed by atoms with van der Waals surface area (Å²) >= 11 is 12.5. The molecule has 3 rings (SSSR count). The lowest BCUT2D eigenvalue weighted by atomic mass is 10.0. The Bertz CT molecular complexity index is 1140. The van der Waals surface area contributed by atoms with Crippen LogP contribution in [0, 0.1) is 5.92 Å². The van der Waals surface area contributed by atoms with Crippen LogP contribution in [0.4, 0.5) is 5.69 Å². The third-order valence-corrected chi connectivity index (χ3v) is 5.56. The van der Waals surface area contributed by atoms with Gasteiger partial charge in [0, 0.05) is 52.2 Å². The number of carbonyl (C=O) groups is 2. The first kappa shape index (κ1) is 23.7. The summed E-state index contributed by atoms with van der Waals surface area (Å²) in [5.41, 5.74) is 3.03. The largest absolute Gasteiger partial charge is 0.344 e. The van der Waals surface area contributed by atoms with Crippen LogP contribution in [0.2, 0.25) is 10.0 Å². The zero-order valence-electron chi connectivity index (χ0n) is 18.3. The Morgan fingerprint density at radius 2 is 1.78 bits per heavy atom. The number of hydrogen-bond acceptors (Lipinski definition) is 4. The predicted octanol–water partition coefficient (Wildman–Crippen LogP) is 5.56. The van der Waals surface area contributed by atoms with Crippen LogP contribution < -0.4 is 10.2 Å². The average molecular weight is 471 g/mol. The van der Waals surface area contributed by atoms with Crippen molar-refractivity contribution >= 4 is 40.7 Å². The molecule has 0 aliphatic rings. The van der Waals surface area contributed by atoms with Gasteiger partial charge in [0.05, 0.1) is 17.9 Å². The second-order valence-electron chi connectivity index (χ2n) is 7.77. The molecule has 3 aromatic rings. The van der Waals surface area contributed by atoms with E-state index >= 15 is 0 Å². The van der Waals surface area contributed by atoms with Crippen molar-refractivity contribution < 1.29 is 9.59 Å². The molecule has 32 heavy (non-hydrogen) atoms. The molecule has 0 bridgehead atoms. The van der Waals surface area contributed by atoms with Gasteiger partial charge in [0.2, 0.25) is 5.91 Å². The Morgan fingerprint density at radius 3 is 2.41 bits per heavy atom. The van der Waals surface area contributed by atoms with Gasteiger partial charge < -0.3 is 10.2 Å². The van der Waals surface area contributed by atoms with Crippen molar-refractivity contribution in [2.24, 2.45) is 5.92 Å². The summed E-state index contributed by atoms with van der Waals surface area (Å²) in [7, 11) is 1.69. The summed E-state index contributed by atoms with van der Waals surface area (Å²) in [6, 6.07) is 10.1. The second-order valence-corrected chi connectivity index (χ2v) is 8.61. The maximum Gasteiger partial charge on any atom is 0.251 e. The highest BCUT2D eigenvalue weighted by Crippen LogP contribution is 2.34. The molecule has 2 amide bonds. The summed E-state index contributed by atoms with van der Waals surface area (Å²) in [6.07, 6.45) is 4.76. The third kappa shape index (κ3) is 5.44. The fraction of sp³-hybridized carbons (Fsp3) is 0.250. The lowest BCUT2D eigenvalue weighted by Gasteiger charge is -2.22. The van der Waals surface area contributed by atoms with Crippen LogP contribution in [0.25, 0.3) is 11.1 Å². The lowest BCUT2D eigenvalue weighted by Crippen LogP contribution is -2.31. The summed E-state index contributed by atoms with van der Waals surface area (Å²) in [4.78, 5) is 35.6. The Morgan fingerprint density at radius 1 is 1.03 bits per heavy atom. The number of hydrogen-bond donors (Lipinski definition) is 1. The summed E-state index contributed by atoms with van der Waals surface area (Å²) in [5.74, 6) is -0.567. The van der Waals surface area contributed by atoms with E-state index in [4.69, 9.17) is 23.2 Å². The molecule has 166 valence electrons. The topological polar surface area (TPSA) is 75.2 Å². The van der Waals surface area contributed by atoms with Crippen molar-refractivity contribution in [2.45, 2.75) is 26.8 Å². The number of halogens is 2. The first-order valence-corrected chi connectivity index (χ1v) is 10.9. The van der Waals surface area contributed by atoms with Gasteiger partial charge in [-0.3, -0.25) is 19.6 Å². The van der Waals surface area contributed by atoms with E-state index in [0.717, 1.165) is 0 Å². The minimum atomic E-state index is -0.350. The van der Waals surface area contributed by atoms with E-state index in [1.165, 1.54) is 0 Å². The lowest BCUT2D eigenvalue weighted by molar-refractivity contribution is -0.121. The maximum atomic E-state index is 13.1. The minimum absolute atomic E-state index is 0.0661. The van der Waals surface area contributed by atoms with Crippen molar-refractivity contribution in [2.75, 3.05) is 11.9 Å². The number of benzene rings is 2. The average Bonchev–Trinajstić information content (AvgIpc) is 2.78. The molecule has 1 unspecified atom stereocenters. The van der Waals surface area contributed by atoms with E-state index in [-0.39, 0.29) is 23.8 Å². The fourth-order valence-corrected chi connectivity index (χ4v) is 3.74. The smallest absolute Gasteiger partial charge is 0.251 e. The van der Waals surface area contributed by atoms with E-state index in [0.29, 0.717) is 38.1 Å². The zero-order valence-corrected chi connectivity index (χ0v) is 19.8. The standard InChI is InChI=1S/C24H24Cl2N4O2/c1-14(2)24(32)30(4)19-10-16(20-6-5-18(25)12-21(20)26)9-17(11-19)23(31)29-15(3)22-13-27-7-8-28-22/h5-15H,1-4H3,(H,29,31). The van der Waals surface area contributed by atoms with Gasteiger partial charge in [0.15, 0.2) is 0 Å². The van der Waals surface area contributed by atoms with Crippen molar-refractivity contribution in [3.63, 3.8) is 0 Å². The third-order valence-electron chi connectivity index (χ3n) is 5.01. The number of nitrogens with zero attached hydrogens (tertiary/aromatic N) is 3. The van der Waals surface area contributed by atoms with Crippen LogP contribution >= 0.6 is 23.2 Å². The number of amides is 2. The minimum Gasteiger partial charge on any atom is -0.344 e. The molecule has 0 spiro atoms. The van der Waals surface area contributed by atoms with Gasteiger partial charge in [-0.05, 0) is 42.8 Å². The number of aromatic nitrogens is 2. The molecule has 1 heterocycles. The molecule has 0 saturated carbocycles. The Balaban J connectivity index is 2.03. The highest BCUT2D eigenvalue weighted by molar-refractivity contribution is 6.36. The van der Waals surface area contributed by atoms with Gasteiger partial charge in [-0.1, -0.05) is 43.1 Å². The summed E-state index contributed by atoms with van der Waals surface area (Å²) in [6.45, 7) is 5.49. The summed E-state index contributed by atoms with van der Waals surface area (Å²) < 4.78 is 0. The monoisotopic (exact) mass is 470 g/mol. The van der Waals surface area contributed by atoms with E-state index in [1.807, 2.05) is 26.8 Å². The number of anilines is 1. The van der Waals surface area contributed by atoms with Crippen LogP contribution in [-0.2, 0) is 4.79 Å². The molecule has 0 fully saturated rings. The molecule has 2 aromatic carbocycles. The maximum absolute atomic E-state index is 13.1. The van der Waals surface area contributed by atoms with Crippen LogP contribution in [0.1, 0.15) is 42.9 Å². The highest BCUT2D eigenvalue weighted by atomic mass is 35.5. The van der Waals surface area contributed by atoms with Gasteiger partial charge in [0.25, 0.3) is 5.91 Å². The van der Waals surface area contributed by atoms with Crippen molar-refractivity contribution in [3.8, 4) is 11.1 Å². The van der Waals surface area contributed by atoms with Crippen LogP contribution in [0.3, 0.4) is 0 Å². The molecule has 0 aliphatic heterocycles. The van der Waals surface area contributed by atoms with E-state index < -0.39 is 0 Å². The molecule has 8 heteroatoms. The van der Waals surface area contributed by atoms with Gasteiger partial charge in [-0.25, -0.2) is 0 Å². The van der Waals surface area contributed by atoms with E-state index in [9.17, 15) is 9.59 Å². The molecule has 1 N–H and O–H groups in total. The van der Waals surface area contributed by atoms with Crippen LogP contribution in [0.15, 0.2) is 55.0 Å². The van der Waals surface area contributed by atoms with Gasteiger partial charge >= 0.3 is 0 Å². The molecule has 6 nitrogen and oxygen atoms in total. The second kappa shape index (κ2) is 10.1. The fourth-order valence-electron chi connectivity index (χ4n) is 3.22. The quantitative estimate of drug-likeness (QED) is 0.511. The van der Waals surface area contributed by atoms with E-state index in [1.54, 1.807) is 60.9 Å². The predicted molar refractivity (Wildman–Crippen MR) is 128 cm³/mol. The van der Waals surface area contributed by atoms with Gasteiger partial charge in [0.1, 0.15) is 0 Å². The molecule has 0 saturated heterocycles. The molecular formula is C24H24Cl2N4O2. The van der Waals surface area contributed by atoms with Gasteiger partial charge in [-0.2, -0.15) is 0 Å². The molecule has 0 radical (unpaired) electrons. The van der Waals surface area contributed by atoms with Crippen molar-refractivity contribution in [1.29, 1.82) is 0 Å². The first-order valence-electron chi connectivity index (χ1n) is 10.1. The Hall–Kier alpha value is -2.96.